The first-order chi connectivity index (χ1) is 9.97. The summed E-state index contributed by atoms with van der Waals surface area (Å²) in [5.74, 6) is 0.118. The number of nitrogens with one attached hydrogen (secondary N) is 1. The van der Waals surface area contributed by atoms with Crippen LogP contribution in [0.4, 0.5) is 4.39 Å². The molecule has 1 aliphatic rings. The van der Waals surface area contributed by atoms with Gasteiger partial charge in [-0.25, -0.2) is 4.39 Å². The van der Waals surface area contributed by atoms with Gasteiger partial charge in [-0.05, 0) is 12.0 Å². The fraction of sp³-hybridized carbons (Fsp3) is 0.562. The molecule has 0 atom stereocenters. The molecular weight excluding hydrogens is 267 g/mol. The third-order valence-corrected chi connectivity index (χ3v) is 3.85. The molecule has 1 heterocycles. The summed E-state index contributed by atoms with van der Waals surface area (Å²) in [5, 5.41) is 7.40. The molecule has 0 amide bonds. The topological polar surface area (TPSA) is 56.4 Å². The molecule has 1 saturated heterocycles. The van der Waals surface area contributed by atoms with E-state index in [0.29, 0.717) is 18.0 Å². The van der Waals surface area contributed by atoms with Crippen molar-refractivity contribution in [3.8, 4) is 0 Å². The molecule has 4 nitrogen and oxygen atoms in total. The zero-order valence-electron chi connectivity index (χ0n) is 12.9. The number of amidine groups is 1. The molecule has 0 spiro atoms. The number of hydrogen-bond donors (Lipinski definition) is 2. The van der Waals surface area contributed by atoms with Gasteiger partial charge in [-0.3, -0.25) is 10.3 Å². The summed E-state index contributed by atoms with van der Waals surface area (Å²) in [7, 11) is 0. The highest BCUT2D eigenvalue weighted by Gasteiger charge is 2.19. The molecule has 0 radical (unpaired) electrons. The van der Waals surface area contributed by atoms with Crippen LogP contribution in [0.2, 0.25) is 0 Å². The van der Waals surface area contributed by atoms with E-state index in [1.54, 1.807) is 18.2 Å². The smallest absolute Gasteiger partial charge is 0.138 e. The minimum absolute atomic E-state index is 0.200. The van der Waals surface area contributed by atoms with Crippen molar-refractivity contribution in [3.05, 3.63) is 35.1 Å². The van der Waals surface area contributed by atoms with Gasteiger partial charge in [-0.2, -0.15) is 0 Å². The molecule has 0 aromatic heterocycles. The first-order valence-electron chi connectivity index (χ1n) is 7.54. The average Bonchev–Trinajstić information content (AvgIpc) is 2.42. The van der Waals surface area contributed by atoms with Crippen molar-refractivity contribution in [1.29, 1.82) is 5.41 Å². The average molecular weight is 292 g/mol. The largest absolute Gasteiger partial charge is 0.384 e. The minimum Gasteiger partial charge on any atom is -0.384 e. The van der Waals surface area contributed by atoms with Crippen molar-refractivity contribution in [1.82, 2.24) is 9.80 Å². The summed E-state index contributed by atoms with van der Waals surface area (Å²) in [6.45, 7) is 10.2. The van der Waals surface area contributed by atoms with Gasteiger partial charge < -0.3 is 10.6 Å². The van der Waals surface area contributed by atoms with Gasteiger partial charge in [0.25, 0.3) is 0 Å². The number of rotatable bonds is 5. The van der Waals surface area contributed by atoms with Crippen LogP contribution in [0.5, 0.6) is 0 Å². The Kier molecular flexibility index (Phi) is 5.31. The second kappa shape index (κ2) is 7.00. The normalized spacial score (nSPS) is 17.3. The first-order valence-corrected chi connectivity index (χ1v) is 7.54. The molecule has 1 aliphatic heterocycles. The number of nitrogens with zero attached hydrogens (tertiary/aromatic N) is 2. The molecule has 2 rings (SSSR count). The maximum Gasteiger partial charge on any atom is 0.138 e. The van der Waals surface area contributed by atoms with Crippen molar-refractivity contribution in [2.45, 2.75) is 20.4 Å². The third kappa shape index (κ3) is 4.25. The van der Waals surface area contributed by atoms with Crippen LogP contribution in [-0.4, -0.2) is 48.4 Å². The van der Waals surface area contributed by atoms with Crippen LogP contribution >= 0.6 is 0 Å². The lowest BCUT2D eigenvalue weighted by Crippen LogP contribution is -2.47. The second-order valence-electron chi connectivity index (χ2n) is 6.16. The molecular formula is C16H25FN4. The first kappa shape index (κ1) is 15.9. The Morgan fingerprint density at radius 1 is 1.24 bits per heavy atom. The zero-order chi connectivity index (χ0) is 15.4. The Hall–Kier alpha value is -1.46. The quantitative estimate of drug-likeness (QED) is 0.643. The van der Waals surface area contributed by atoms with Gasteiger partial charge >= 0.3 is 0 Å². The van der Waals surface area contributed by atoms with Crippen LogP contribution in [0.25, 0.3) is 0 Å². The lowest BCUT2D eigenvalue weighted by molar-refractivity contribution is 0.116. The van der Waals surface area contributed by atoms with Crippen molar-refractivity contribution >= 4 is 5.84 Å². The minimum atomic E-state index is -0.352. The molecule has 116 valence electrons. The maximum atomic E-state index is 14.3. The predicted octanol–water partition coefficient (Wildman–Crippen LogP) is 1.88. The molecule has 21 heavy (non-hydrogen) atoms. The van der Waals surface area contributed by atoms with E-state index in [9.17, 15) is 4.39 Å². The van der Waals surface area contributed by atoms with Gasteiger partial charge in [0.1, 0.15) is 11.7 Å². The molecule has 3 N–H and O–H groups in total. The van der Waals surface area contributed by atoms with Gasteiger partial charge in [-0.15, -0.1) is 0 Å². The summed E-state index contributed by atoms with van der Waals surface area (Å²) < 4.78 is 14.3. The predicted molar refractivity (Wildman–Crippen MR) is 84.0 cm³/mol. The Morgan fingerprint density at radius 3 is 2.43 bits per heavy atom. The number of halogens is 1. The number of hydrogen-bond acceptors (Lipinski definition) is 3. The summed E-state index contributed by atoms with van der Waals surface area (Å²) >= 11 is 0. The van der Waals surface area contributed by atoms with Crippen LogP contribution < -0.4 is 5.73 Å². The molecule has 1 aromatic rings. The molecule has 0 bridgehead atoms. The van der Waals surface area contributed by atoms with Crippen molar-refractivity contribution in [2.75, 3.05) is 32.7 Å². The molecule has 1 aromatic carbocycles. The van der Waals surface area contributed by atoms with Crippen molar-refractivity contribution in [2.24, 2.45) is 11.7 Å². The maximum absolute atomic E-state index is 14.3. The summed E-state index contributed by atoms with van der Waals surface area (Å²) in [6.07, 6.45) is 0. The standard InChI is InChI=1S/C16H25FN4/c1-12(2)10-20-6-8-21(9-7-20)11-13-4-3-5-14(15(13)17)16(18)19/h3-5,12H,6-11H2,1-2H3,(H3,18,19). The Balaban J connectivity index is 1.95. The van der Waals surface area contributed by atoms with Crippen molar-refractivity contribution < 1.29 is 4.39 Å². The van der Waals surface area contributed by atoms with E-state index in [0.717, 1.165) is 32.7 Å². The Morgan fingerprint density at radius 2 is 1.86 bits per heavy atom. The number of piperazine rings is 1. The van der Waals surface area contributed by atoms with E-state index in [1.807, 2.05) is 0 Å². The number of nitrogen functional groups attached to an aromatic ring is 1. The van der Waals surface area contributed by atoms with Gasteiger partial charge in [0, 0.05) is 44.8 Å². The number of nitrogens with two attached hydrogens (primary N) is 1. The van der Waals surface area contributed by atoms with E-state index < -0.39 is 0 Å². The van der Waals surface area contributed by atoms with E-state index in [1.165, 1.54) is 0 Å². The number of benzene rings is 1. The lowest BCUT2D eigenvalue weighted by atomic mass is 10.1. The van der Waals surface area contributed by atoms with Gasteiger partial charge in [0.05, 0.1) is 5.56 Å². The molecule has 0 saturated carbocycles. The van der Waals surface area contributed by atoms with Crippen LogP contribution in [-0.2, 0) is 6.54 Å². The van der Waals surface area contributed by atoms with E-state index in [-0.39, 0.29) is 17.2 Å². The lowest BCUT2D eigenvalue weighted by Gasteiger charge is -2.35. The highest BCUT2D eigenvalue weighted by molar-refractivity contribution is 5.95. The SMILES string of the molecule is CC(C)CN1CCN(Cc2cccc(C(=N)N)c2F)CC1. The Bertz CT molecular complexity index is 493. The molecule has 0 unspecified atom stereocenters. The molecule has 5 heteroatoms. The summed E-state index contributed by atoms with van der Waals surface area (Å²) in [5.41, 5.74) is 6.23. The fourth-order valence-electron chi connectivity index (χ4n) is 2.80. The van der Waals surface area contributed by atoms with Crippen LogP contribution in [0.1, 0.15) is 25.0 Å². The monoisotopic (exact) mass is 292 g/mol. The molecule has 1 fully saturated rings. The van der Waals surface area contributed by atoms with E-state index >= 15 is 0 Å². The molecule has 0 aliphatic carbocycles. The zero-order valence-corrected chi connectivity index (χ0v) is 12.9. The summed E-state index contributed by atoms with van der Waals surface area (Å²) in [4.78, 5) is 4.72. The van der Waals surface area contributed by atoms with Gasteiger partial charge in [0.15, 0.2) is 0 Å². The highest BCUT2D eigenvalue weighted by atomic mass is 19.1. The Labute approximate surface area is 126 Å². The van der Waals surface area contributed by atoms with Crippen LogP contribution in [0.3, 0.4) is 0 Å². The van der Waals surface area contributed by atoms with Crippen molar-refractivity contribution in [3.63, 3.8) is 0 Å². The van der Waals surface area contributed by atoms with E-state index in [2.05, 4.69) is 23.6 Å². The van der Waals surface area contributed by atoms with E-state index in [4.69, 9.17) is 11.1 Å². The van der Waals surface area contributed by atoms with Gasteiger partial charge in [-0.1, -0.05) is 26.0 Å². The van der Waals surface area contributed by atoms with Gasteiger partial charge in [0.2, 0.25) is 0 Å². The second-order valence-corrected chi connectivity index (χ2v) is 6.16. The van der Waals surface area contributed by atoms with Crippen LogP contribution in [0.15, 0.2) is 18.2 Å². The van der Waals surface area contributed by atoms with Crippen LogP contribution in [0, 0.1) is 17.1 Å². The third-order valence-electron chi connectivity index (χ3n) is 3.85. The highest BCUT2D eigenvalue weighted by Crippen LogP contribution is 2.16. The fourth-order valence-corrected chi connectivity index (χ4v) is 2.80. The summed E-state index contributed by atoms with van der Waals surface area (Å²) in [6, 6.07) is 5.11.